The minimum Gasteiger partial charge on any atom is -0.383 e. The molecule has 108 valence electrons. The normalized spacial score (nSPS) is 10.3. The molecule has 1 amide bonds. The van der Waals surface area contributed by atoms with Crippen LogP contribution >= 0.6 is 0 Å². The largest absolute Gasteiger partial charge is 0.383 e. The summed E-state index contributed by atoms with van der Waals surface area (Å²) in [6, 6.07) is 9.75. The van der Waals surface area contributed by atoms with E-state index in [0.29, 0.717) is 26.1 Å². The van der Waals surface area contributed by atoms with Crippen molar-refractivity contribution in [1.82, 2.24) is 4.90 Å². The molecule has 0 atom stereocenters. The minimum atomic E-state index is -0.0756. The minimum absolute atomic E-state index is 0.0756. The van der Waals surface area contributed by atoms with E-state index in [1.807, 2.05) is 36.1 Å². The number of rotatable bonds is 8. The molecule has 0 saturated heterocycles. The van der Waals surface area contributed by atoms with Gasteiger partial charge in [-0.1, -0.05) is 18.2 Å². The summed E-state index contributed by atoms with van der Waals surface area (Å²) in [6.07, 6.45) is 0.404. The lowest BCUT2D eigenvalue weighted by atomic mass is 10.2. The number of nitrogens with zero attached hydrogens (tertiary/aromatic N) is 2. The molecule has 20 heavy (non-hydrogen) atoms. The van der Waals surface area contributed by atoms with Crippen LogP contribution in [0.3, 0.4) is 0 Å². The van der Waals surface area contributed by atoms with Gasteiger partial charge in [0.15, 0.2) is 0 Å². The van der Waals surface area contributed by atoms with E-state index in [2.05, 4.69) is 11.4 Å². The monoisotopic (exact) mass is 275 g/mol. The zero-order valence-corrected chi connectivity index (χ0v) is 12.1. The Balaban J connectivity index is 2.52. The lowest BCUT2D eigenvalue weighted by Gasteiger charge is -2.20. The fraction of sp³-hybridized carbons (Fsp3) is 0.467. The van der Waals surface area contributed by atoms with Gasteiger partial charge in [0.25, 0.3) is 0 Å². The molecule has 0 heterocycles. The van der Waals surface area contributed by atoms with E-state index >= 15 is 0 Å². The molecule has 0 aromatic heterocycles. The molecule has 0 radical (unpaired) electrons. The van der Waals surface area contributed by atoms with Crippen LogP contribution in [0.5, 0.6) is 0 Å². The second-order valence-corrected chi connectivity index (χ2v) is 4.54. The van der Waals surface area contributed by atoms with E-state index in [9.17, 15) is 4.79 Å². The third kappa shape index (κ3) is 5.83. The molecule has 5 nitrogen and oxygen atoms in total. The van der Waals surface area contributed by atoms with Gasteiger partial charge < -0.3 is 10.1 Å². The first kappa shape index (κ1) is 16.2. The van der Waals surface area contributed by atoms with Crippen molar-refractivity contribution in [3.05, 3.63) is 29.8 Å². The standard InChI is InChI=1S/C15H21N3O2/c1-13-6-3-4-7-14(13)17-15(19)12-18(9-5-8-16)10-11-20-2/h3-4,6-7H,5,9-12H2,1-2H3,(H,17,19). The fourth-order valence-electron chi connectivity index (χ4n) is 1.80. The number of nitrogens with one attached hydrogen (secondary N) is 1. The first-order valence-corrected chi connectivity index (χ1v) is 6.61. The van der Waals surface area contributed by atoms with E-state index in [1.54, 1.807) is 7.11 Å². The van der Waals surface area contributed by atoms with Crippen LogP contribution in [0.2, 0.25) is 0 Å². The topological polar surface area (TPSA) is 65.4 Å². The second-order valence-electron chi connectivity index (χ2n) is 4.54. The van der Waals surface area contributed by atoms with Crippen LogP contribution in [0.25, 0.3) is 0 Å². The van der Waals surface area contributed by atoms with Crippen molar-refractivity contribution in [2.75, 3.05) is 38.7 Å². The van der Waals surface area contributed by atoms with Gasteiger partial charge in [0.1, 0.15) is 0 Å². The molecule has 5 heteroatoms. The molecule has 0 bridgehead atoms. The highest BCUT2D eigenvalue weighted by Crippen LogP contribution is 2.12. The summed E-state index contributed by atoms with van der Waals surface area (Å²) in [5.74, 6) is -0.0756. The Labute approximate surface area is 120 Å². The summed E-state index contributed by atoms with van der Waals surface area (Å²) in [4.78, 5) is 13.9. The lowest BCUT2D eigenvalue weighted by Crippen LogP contribution is -2.36. The van der Waals surface area contributed by atoms with Crippen molar-refractivity contribution in [1.29, 1.82) is 5.26 Å². The van der Waals surface area contributed by atoms with Crippen LogP contribution in [-0.4, -0.2) is 44.2 Å². The Morgan fingerprint density at radius 1 is 1.40 bits per heavy atom. The fourth-order valence-corrected chi connectivity index (χ4v) is 1.80. The number of benzene rings is 1. The maximum Gasteiger partial charge on any atom is 0.238 e. The van der Waals surface area contributed by atoms with Crippen LogP contribution in [0.15, 0.2) is 24.3 Å². The number of para-hydroxylation sites is 1. The number of hydrogen-bond donors (Lipinski definition) is 1. The van der Waals surface area contributed by atoms with Gasteiger partial charge in [-0.05, 0) is 18.6 Å². The number of carbonyl (C=O) groups is 1. The smallest absolute Gasteiger partial charge is 0.238 e. The maximum absolute atomic E-state index is 12.0. The average molecular weight is 275 g/mol. The van der Waals surface area contributed by atoms with Gasteiger partial charge in [-0.25, -0.2) is 0 Å². The van der Waals surface area contributed by atoms with Gasteiger partial charge in [0.2, 0.25) is 5.91 Å². The van der Waals surface area contributed by atoms with Gasteiger partial charge in [-0.2, -0.15) is 5.26 Å². The van der Waals surface area contributed by atoms with Crippen molar-refractivity contribution < 1.29 is 9.53 Å². The summed E-state index contributed by atoms with van der Waals surface area (Å²) < 4.78 is 5.01. The Bertz CT molecular complexity index is 468. The van der Waals surface area contributed by atoms with Crippen molar-refractivity contribution in [3.8, 4) is 6.07 Å². The van der Waals surface area contributed by atoms with E-state index in [4.69, 9.17) is 10.00 Å². The first-order chi connectivity index (χ1) is 9.67. The molecule has 1 aromatic carbocycles. The Hall–Kier alpha value is -1.90. The Kier molecular flexibility index (Phi) is 7.33. The Morgan fingerprint density at radius 2 is 2.15 bits per heavy atom. The number of nitriles is 1. The summed E-state index contributed by atoms with van der Waals surface area (Å²) in [7, 11) is 1.62. The molecular weight excluding hydrogens is 254 g/mol. The van der Waals surface area contributed by atoms with E-state index in [1.165, 1.54) is 0 Å². The number of aryl methyl sites for hydroxylation is 1. The molecule has 0 spiro atoms. The maximum atomic E-state index is 12.0. The van der Waals surface area contributed by atoms with Crippen LogP contribution < -0.4 is 5.32 Å². The van der Waals surface area contributed by atoms with Crippen LogP contribution in [0.4, 0.5) is 5.69 Å². The summed E-state index contributed by atoms with van der Waals surface area (Å²) in [5, 5.41) is 11.5. The van der Waals surface area contributed by atoms with Gasteiger partial charge in [-0.15, -0.1) is 0 Å². The molecular formula is C15H21N3O2. The SMILES string of the molecule is COCCN(CCC#N)CC(=O)Nc1ccccc1C. The molecule has 0 aliphatic carbocycles. The zero-order chi connectivity index (χ0) is 14.8. The van der Waals surface area contributed by atoms with Gasteiger partial charge in [0, 0.05) is 32.3 Å². The van der Waals surface area contributed by atoms with Crippen LogP contribution in [-0.2, 0) is 9.53 Å². The quantitative estimate of drug-likeness (QED) is 0.785. The number of methoxy groups -OCH3 is 1. The molecule has 0 saturated carbocycles. The highest BCUT2D eigenvalue weighted by Gasteiger charge is 2.11. The predicted octanol–water partition coefficient (Wildman–Crippen LogP) is 1.80. The number of ether oxygens (including phenoxy) is 1. The van der Waals surface area contributed by atoms with Crippen molar-refractivity contribution >= 4 is 11.6 Å². The van der Waals surface area contributed by atoms with Crippen LogP contribution in [0, 0.1) is 18.3 Å². The molecule has 1 rings (SSSR count). The summed E-state index contributed by atoms with van der Waals surface area (Å²) in [5.41, 5.74) is 1.85. The van der Waals surface area contributed by atoms with E-state index in [0.717, 1.165) is 11.3 Å². The third-order valence-electron chi connectivity index (χ3n) is 2.94. The van der Waals surface area contributed by atoms with Crippen LogP contribution in [0.1, 0.15) is 12.0 Å². The summed E-state index contributed by atoms with van der Waals surface area (Å²) in [6.45, 7) is 3.97. The van der Waals surface area contributed by atoms with Crippen molar-refractivity contribution in [2.24, 2.45) is 0 Å². The van der Waals surface area contributed by atoms with E-state index in [-0.39, 0.29) is 12.5 Å². The Morgan fingerprint density at radius 3 is 2.80 bits per heavy atom. The van der Waals surface area contributed by atoms with E-state index < -0.39 is 0 Å². The van der Waals surface area contributed by atoms with Gasteiger partial charge in [0.05, 0.1) is 19.2 Å². The molecule has 0 unspecified atom stereocenters. The van der Waals surface area contributed by atoms with Gasteiger partial charge >= 0.3 is 0 Å². The molecule has 1 aromatic rings. The average Bonchev–Trinajstić information content (AvgIpc) is 2.44. The third-order valence-corrected chi connectivity index (χ3v) is 2.94. The van der Waals surface area contributed by atoms with Gasteiger partial charge in [-0.3, -0.25) is 9.69 Å². The highest BCUT2D eigenvalue weighted by atomic mass is 16.5. The summed E-state index contributed by atoms with van der Waals surface area (Å²) >= 11 is 0. The molecule has 0 aliphatic heterocycles. The highest BCUT2D eigenvalue weighted by molar-refractivity contribution is 5.92. The second kappa shape index (κ2) is 9.08. The molecule has 0 fully saturated rings. The van der Waals surface area contributed by atoms with Crippen molar-refractivity contribution in [2.45, 2.75) is 13.3 Å². The number of carbonyl (C=O) groups excluding carboxylic acids is 1. The van der Waals surface area contributed by atoms with Crippen molar-refractivity contribution in [3.63, 3.8) is 0 Å². The molecule has 0 aliphatic rings. The number of anilines is 1. The lowest BCUT2D eigenvalue weighted by molar-refractivity contribution is -0.117. The number of hydrogen-bond acceptors (Lipinski definition) is 4. The first-order valence-electron chi connectivity index (χ1n) is 6.61. The molecule has 1 N–H and O–H groups in total. The number of amides is 1. The zero-order valence-electron chi connectivity index (χ0n) is 12.1. The predicted molar refractivity (Wildman–Crippen MR) is 78.4 cm³/mol.